The van der Waals surface area contributed by atoms with E-state index in [9.17, 15) is 14.7 Å². The van der Waals surface area contributed by atoms with Crippen molar-refractivity contribution in [2.75, 3.05) is 13.2 Å². The molecule has 1 N–H and O–H groups in total. The lowest BCUT2D eigenvalue weighted by Crippen LogP contribution is -2.39. The molecule has 2 rings (SSSR count). The van der Waals surface area contributed by atoms with Crippen LogP contribution in [0.2, 0.25) is 0 Å². The fourth-order valence-corrected chi connectivity index (χ4v) is 2.44. The van der Waals surface area contributed by atoms with Crippen LogP contribution in [0.1, 0.15) is 31.7 Å². The number of carbonyl (C=O) groups excluding carboxylic acids is 1. The molecule has 0 amide bonds. The van der Waals surface area contributed by atoms with Crippen molar-refractivity contribution in [3.05, 3.63) is 29.8 Å². The van der Waals surface area contributed by atoms with E-state index >= 15 is 0 Å². The lowest BCUT2D eigenvalue weighted by Gasteiger charge is -2.25. The van der Waals surface area contributed by atoms with Crippen molar-refractivity contribution in [1.29, 1.82) is 0 Å². The number of ether oxygens (including phenoxy) is 2. The molecule has 2 atom stereocenters. The Kier molecular flexibility index (Phi) is 3.97. The number of para-hydroxylation sites is 1. The van der Waals surface area contributed by atoms with Gasteiger partial charge in [0.15, 0.2) is 5.41 Å². The molecule has 0 bridgehead atoms. The van der Waals surface area contributed by atoms with Crippen LogP contribution in [0.5, 0.6) is 5.75 Å². The number of hydrogen-bond donors (Lipinski definition) is 1. The number of carbonyl (C=O) groups is 2. The van der Waals surface area contributed by atoms with Gasteiger partial charge in [0.25, 0.3) is 0 Å². The van der Waals surface area contributed by atoms with E-state index in [1.54, 1.807) is 6.92 Å². The monoisotopic (exact) mass is 278 g/mol. The predicted molar refractivity (Wildman–Crippen MR) is 71.7 cm³/mol. The second kappa shape index (κ2) is 5.53. The fourth-order valence-electron chi connectivity index (χ4n) is 2.44. The van der Waals surface area contributed by atoms with Crippen molar-refractivity contribution in [2.24, 2.45) is 5.41 Å². The minimum atomic E-state index is -1.55. The van der Waals surface area contributed by atoms with Crippen molar-refractivity contribution in [2.45, 2.75) is 26.2 Å². The summed E-state index contributed by atoms with van der Waals surface area (Å²) in [7, 11) is 0. The summed E-state index contributed by atoms with van der Waals surface area (Å²) in [6.45, 7) is 3.63. The Bertz CT molecular complexity index is 525. The minimum Gasteiger partial charge on any atom is -0.493 e. The minimum absolute atomic E-state index is 0.114. The average molecular weight is 278 g/mol. The van der Waals surface area contributed by atoms with Crippen LogP contribution in [0.25, 0.3) is 0 Å². The Hall–Kier alpha value is -2.04. The van der Waals surface area contributed by atoms with Crippen LogP contribution in [-0.2, 0) is 14.3 Å². The molecule has 0 saturated heterocycles. The number of rotatable bonds is 5. The van der Waals surface area contributed by atoms with E-state index in [0.717, 1.165) is 11.3 Å². The van der Waals surface area contributed by atoms with Gasteiger partial charge in [-0.2, -0.15) is 0 Å². The molecule has 20 heavy (non-hydrogen) atoms. The van der Waals surface area contributed by atoms with Crippen molar-refractivity contribution < 1.29 is 24.2 Å². The molecule has 1 aliphatic rings. The van der Waals surface area contributed by atoms with Gasteiger partial charge in [-0.25, -0.2) is 0 Å². The Morgan fingerprint density at radius 3 is 2.80 bits per heavy atom. The Morgan fingerprint density at radius 1 is 1.45 bits per heavy atom. The highest BCUT2D eigenvalue weighted by Gasteiger charge is 2.46. The Balaban J connectivity index is 2.22. The van der Waals surface area contributed by atoms with Gasteiger partial charge in [-0.05, 0) is 26.3 Å². The maximum atomic E-state index is 12.0. The van der Waals surface area contributed by atoms with E-state index in [0.29, 0.717) is 6.61 Å². The van der Waals surface area contributed by atoms with E-state index in [1.165, 1.54) is 6.92 Å². The molecule has 1 heterocycles. The van der Waals surface area contributed by atoms with Gasteiger partial charge < -0.3 is 14.6 Å². The largest absolute Gasteiger partial charge is 0.493 e. The van der Waals surface area contributed by atoms with E-state index in [-0.39, 0.29) is 18.9 Å². The number of aliphatic carboxylic acids is 1. The second-order valence-electron chi connectivity index (χ2n) is 5.11. The van der Waals surface area contributed by atoms with Crippen LogP contribution in [0.3, 0.4) is 0 Å². The molecule has 0 fully saturated rings. The summed E-state index contributed by atoms with van der Waals surface area (Å²) in [4.78, 5) is 23.5. The first-order valence-corrected chi connectivity index (χ1v) is 6.61. The van der Waals surface area contributed by atoms with Gasteiger partial charge in [0, 0.05) is 11.5 Å². The number of fused-ring (bicyclic) bond motifs is 1. The lowest BCUT2D eigenvalue weighted by atomic mass is 9.79. The molecule has 0 aromatic heterocycles. The zero-order valence-electron chi connectivity index (χ0n) is 11.6. The maximum Gasteiger partial charge on any atom is 0.323 e. The van der Waals surface area contributed by atoms with Gasteiger partial charge in [-0.15, -0.1) is 0 Å². The van der Waals surface area contributed by atoms with Crippen LogP contribution < -0.4 is 4.74 Å². The van der Waals surface area contributed by atoms with Crippen molar-refractivity contribution in [3.8, 4) is 5.75 Å². The SMILES string of the molecule is CCOC(=O)C(C)(CC1COc2ccccc21)C(=O)O. The highest BCUT2D eigenvalue weighted by molar-refractivity contribution is 5.98. The summed E-state index contributed by atoms with van der Waals surface area (Å²) in [5, 5.41) is 9.40. The van der Waals surface area contributed by atoms with Crippen LogP contribution in [0.15, 0.2) is 24.3 Å². The van der Waals surface area contributed by atoms with E-state index in [1.807, 2.05) is 24.3 Å². The maximum absolute atomic E-state index is 12.0. The normalized spacial score (nSPS) is 19.6. The van der Waals surface area contributed by atoms with E-state index in [4.69, 9.17) is 9.47 Å². The molecule has 0 radical (unpaired) electrons. The quantitative estimate of drug-likeness (QED) is 0.660. The van der Waals surface area contributed by atoms with Gasteiger partial charge in [0.2, 0.25) is 0 Å². The summed E-state index contributed by atoms with van der Waals surface area (Å²) in [6.07, 6.45) is 0.165. The molecule has 1 aliphatic heterocycles. The third-order valence-corrected chi connectivity index (χ3v) is 3.65. The average Bonchev–Trinajstić information content (AvgIpc) is 2.82. The topological polar surface area (TPSA) is 72.8 Å². The molecule has 2 unspecified atom stereocenters. The molecular formula is C15H18O5. The van der Waals surface area contributed by atoms with Crippen LogP contribution in [0, 0.1) is 5.41 Å². The summed E-state index contributed by atoms with van der Waals surface area (Å²) in [5.41, 5.74) is -0.606. The third kappa shape index (κ3) is 2.48. The molecule has 1 aromatic rings. The predicted octanol–water partition coefficient (Wildman–Crippen LogP) is 2.21. The first kappa shape index (κ1) is 14.4. The highest BCUT2D eigenvalue weighted by atomic mass is 16.5. The zero-order valence-corrected chi connectivity index (χ0v) is 11.6. The van der Waals surface area contributed by atoms with Crippen LogP contribution in [-0.4, -0.2) is 30.3 Å². The van der Waals surface area contributed by atoms with Crippen molar-refractivity contribution in [3.63, 3.8) is 0 Å². The molecule has 108 valence electrons. The van der Waals surface area contributed by atoms with Gasteiger partial charge in [0.05, 0.1) is 13.2 Å². The molecule has 5 nitrogen and oxygen atoms in total. The molecule has 5 heteroatoms. The summed E-state index contributed by atoms with van der Waals surface area (Å²) >= 11 is 0. The van der Waals surface area contributed by atoms with Crippen molar-refractivity contribution in [1.82, 2.24) is 0 Å². The number of carboxylic acid groups (broad SMARTS) is 1. The summed E-state index contributed by atoms with van der Waals surface area (Å²) in [6, 6.07) is 7.49. The second-order valence-corrected chi connectivity index (χ2v) is 5.11. The molecule has 1 aromatic carbocycles. The van der Waals surface area contributed by atoms with Gasteiger partial charge in [-0.1, -0.05) is 18.2 Å². The molecule has 0 spiro atoms. The Labute approximate surface area is 117 Å². The Morgan fingerprint density at radius 2 is 2.15 bits per heavy atom. The first-order chi connectivity index (χ1) is 9.49. The zero-order chi connectivity index (χ0) is 14.8. The van der Waals surface area contributed by atoms with Gasteiger partial charge >= 0.3 is 11.9 Å². The molecule has 0 saturated carbocycles. The summed E-state index contributed by atoms with van der Waals surface area (Å²) < 4.78 is 10.4. The number of carboxylic acids is 1. The smallest absolute Gasteiger partial charge is 0.323 e. The highest BCUT2D eigenvalue weighted by Crippen LogP contribution is 2.41. The van der Waals surface area contributed by atoms with Crippen LogP contribution in [0.4, 0.5) is 0 Å². The molecule has 0 aliphatic carbocycles. The van der Waals surface area contributed by atoms with Gasteiger partial charge in [-0.3, -0.25) is 9.59 Å². The third-order valence-electron chi connectivity index (χ3n) is 3.65. The first-order valence-electron chi connectivity index (χ1n) is 6.61. The number of hydrogen-bond acceptors (Lipinski definition) is 4. The van der Waals surface area contributed by atoms with Crippen LogP contribution >= 0.6 is 0 Å². The van der Waals surface area contributed by atoms with E-state index in [2.05, 4.69) is 0 Å². The summed E-state index contributed by atoms with van der Waals surface area (Å²) in [5.74, 6) is -1.22. The van der Waals surface area contributed by atoms with Gasteiger partial charge in [0.1, 0.15) is 5.75 Å². The standard InChI is InChI=1S/C15H18O5/c1-3-19-14(18)15(2,13(16)17)8-10-9-20-12-7-5-4-6-11(10)12/h4-7,10H,3,8-9H2,1-2H3,(H,16,17). The number of esters is 1. The number of benzene rings is 1. The fraction of sp³-hybridized carbons (Fsp3) is 0.467. The van der Waals surface area contributed by atoms with E-state index < -0.39 is 17.4 Å². The van der Waals surface area contributed by atoms with Crippen molar-refractivity contribution >= 4 is 11.9 Å². The lowest BCUT2D eigenvalue weighted by molar-refractivity contribution is -0.168. The molecular weight excluding hydrogens is 260 g/mol.